The fourth-order valence-electron chi connectivity index (χ4n) is 2.04. The van der Waals surface area contributed by atoms with Crippen molar-refractivity contribution in [3.63, 3.8) is 0 Å². The molecule has 0 saturated carbocycles. The summed E-state index contributed by atoms with van der Waals surface area (Å²) in [6.45, 7) is 4.30. The SMILES string of the molecule is C[C@H](O)c1ccc(OCC2CN(C)CCO2)c(F)c1. The lowest BCUT2D eigenvalue weighted by molar-refractivity contribution is -0.0408. The van der Waals surface area contributed by atoms with Gasteiger partial charge in [0.1, 0.15) is 12.7 Å². The molecule has 1 aromatic rings. The summed E-state index contributed by atoms with van der Waals surface area (Å²) in [4.78, 5) is 2.16. The van der Waals surface area contributed by atoms with Crippen LogP contribution in [-0.4, -0.2) is 49.5 Å². The molecule has 1 N–H and O–H groups in total. The molecule has 106 valence electrons. The van der Waals surface area contributed by atoms with Crippen LogP contribution >= 0.6 is 0 Å². The molecule has 0 radical (unpaired) electrons. The van der Waals surface area contributed by atoms with Crippen LogP contribution in [0.4, 0.5) is 4.39 Å². The summed E-state index contributed by atoms with van der Waals surface area (Å²) in [7, 11) is 2.02. The quantitative estimate of drug-likeness (QED) is 0.901. The highest BCUT2D eigenvalue weighted by atomic mass is 19.1. The highest BCUT2D eigenvalue weighted by molar-refractivity contribution is 5.30. The first-order chi connectivity index (χ1) is 9.06. The predicted molar refractivity (Wildman–Crippen MR) is 69.8 cm³/mol. The van der Waals surface area contributed by atoms with Crippen molar-refractivity contribution >= 4 is 0 Å². The second-order valence-electron chi connectivity index (χ2n) is 4.93. The van der Waals surface area contributed by atoms with Gasteiger partial charge in [-0.05, 0) is 31.7 Å². The molecule has 0 aromatic heterocycles. The van der Waals surface area contributed by atoms with Crippen molar-refractivity contribution in [2.24, 2.45) is 0 Å². The van der Waals surface area contributed by atoms with Crippen LogP contribution < -0.4 is 4.74 Å². The second-order valence-corrected chi connectivity index (χ2v) is 4.93. The summed E-state index contributed by atoms with van der Waals surface area (Å²) in [6.07, 6.45) is -0.714. The Balaban J connectivity index is 1.92. The molecule has 4 nitrogen and oxygen atoms in total. The van der Waals surface area contributed by atoms with E-state index in [1.54, 1.807) is 19.1 Å². The first-order valence-corrected chi connectivity index (χ1v) is 6.46. The standard InChI is InChI=1S/C14H20FNO3/c1-10(17)11-3-4-14(13(15)7-11)19-9-12-8-16(2)5-6-18-12/h3-4,7,10,12,17H,5-6,8-9H2,1-2H3/t10-,12?/m0/s1. The summed E-state index contributed by atoms with van der Waals surface area (Å²) in [5, 5.41) is 9.37. The van der Waals surface area contributed by atoms with Crippen LogP contribution in [0.25, 0.3) is 0 Å². The van der Waals surface area contributed by atoms with Gasteiger partial charge in [0, 0.05) is 13.1 Å². The average molecular weight is 269 g/mol. The van der Waals surface area contributed by atoms with E-state index < -0.39 is 11.9 Å². The van der Waals surface area contributed by atoms with Gasteiger partial charge >= 0.3 is 0 Å². The Morgan fingerprint density at radius 3 is 3.00 bits per heavy atom. The number of nitrogens with zero attached hydrogens (tertiary/aromatic N) is 1. The molecular formula is C14H20FNO3. The number of rotatable bonds is 4. The van der Waals surface area contributed by atoms with E-state index in [1.165, 1.54) is 6.07 Å². The summed E-state index contributed by atoms with van der Waals surface area (Å²) in [5.74, 6) is -0.260. The molecule has 0 spiro atoms. The summed E-state index contributed by atoms with van der Waals surface area (Å²) in [6, 6.07) is 4.51. The van der Waals surface area contributed by atoms with Gasteiger partial charge in [-0.2, -0.15) is 0 Å². The zero-order chi connectivity index (χ0) is 13.8. The normalized spacial score (nSPS) is 22.2. The van der Waals surface area contributed by atoms with Crippen molar-refractivity contribution in [1.82, 2.24) is 4.90 Å². The van der Waals surface area contributed by atoms with E-state index in [9.17, 15) is 9.50 Å². The molecule has 2 atom stereocenters. The Bertz CT molecular complexity index is 425. The third-order valence-electron chi connectivity index (χ3n) is 3.20. The van der Waals surface area contributed by atoms with Crippen LogP contribution in [0.1, 0.15) is 18.6 Å². The van der Waals surface area contributed by atoms with E-state index in [-0.39, 0.29) is 11.9 Å². The molecule has 2 rings (SSSR count). The topological polar surface area (TPSA) is 41.9 Å². The molecule has 0 aliphatic carbocycles. The van der Waals surface area contributed by atoms with E-state index in [2.05, 4.69) is 4.90 Å². The lowest BCUT2D eigenvalue weighted by Crippen LogP contribution is -2.42. The summed E-state index contributed by atoms with van der Waals surface area (Å²) >= 11 is 0. The van der Waals surface area contributed by atoms with Gasteiger partial charge < -0.3 is 19.5 Å². The zero-order valence-electron chi connectivity index (χ0n) is 11.3. The van der Waals surface area contributed by atoms with Gasteiger partial charge in [0.05, 0.1) is 12.7 Å². The first kappa shape index (κ1) is 14.2. The number of hydrogen-bond acceptors (Lipinski definition) is 4. The predicted octanol–water partition coefficient (Wildman–Crippen LogP) is 1.59. The molecule has 1 fully saturated rings. The van der Waals surface area contributed by atoms with Gasteiger partial charge in [-0.1, -0.05) is 6.07 Å². The monoisotopic (exact) mass is 269 g/mol. The van der Waals surface area contributed by atoms with E-state index in [1.807, 2.05) is 7.05 Å². The van der Waals surface area contributed by atoms with Crippen molar-refractivity contribution in [1.29, 1.82) is 0 Å². The maximum absolute atomic E-state index is 13.8. The number of ether oxygens (including phenoxy) is 2. The van der Waals surface area contributed by atoms with Crippen LogP contribution in [0, 0.1) is 5.82 Å². The summed E-state index contributed by atoms with van der Waals surface area (Å²) < 4.78 is 24.7. The van der Waals surface area contributed by atoms with Gasteiger partial charge in [-0.3, -0.25) is 0 Å². The fourth-order valence-corrected chi connectivity index (χ4v) is 2.04. The molecule has 1 aromatic carbocycles. The minimum Gasteiger partial charge on any atom is -0.488 e. The lowest BCUT2D eigenvalue weighted by atomic mass is 10.1. The number of hydrogen-bond donors (Lipinski definition) is 1. The molecule has 0 bridgehead atoms. The number of morpholine rings is 1. The second kappa shape index (κ2) is 6.32. The molecule has 0 amide bonds. The Labute approximate surface area is 112 Å². The largest absolute Gasteiger partial charge is 0.488 e. The van der Waals surface area contributed by atoms with E-state index in [0.29, 0.717) is 18.8 Å². The molecule has 5 heteroatoms. The Kier molecular flexibility index (Phi) is 4.74. The average Bonchev–Trinajstić information content (AvgIpc) is 2.37. The van der Waals surface area contributed by atoms with Crippen molar-refractivity contribution < 1.29 is 19.0 Å². The third-order valence-corrected chi connectivity index (χ3v) is 3.20. The van der Waals surface area contributed by atoms with Gasteiger partial charge in [-0.15, -0.1) is 0 Å². The molecule has 19 heavy (non-hydrogen) atoms. The number of aliphatic hydroxyl groups is 1. The van der Waals surface area contributed by atoms with Crippen LogP contribution in [0.3, 0.4) is 0 Å². The van der Waals surface area contributed by atoms with Crippen LogP contribution in [0.2, 0.25) is 0 Å². The van der Waals surface area contributed by atoms with E-state index >= 15 is 0 Å². The Hall–Kier alpha value is -1.17. The number of aliphatic hydroxyl groups excluding tert-OH is 1. The molecule has 1 unspecified atom stereocenters. The minimum absolute atomic E-state index is 0.0328. The Morgan fingerprint density at radius 1 is 1.58 bits per heavy atom. The highest BCUT2D eigenvalue weighted by Crippen LogP contribution is 2.22. The van der Waals surface area contributed by atoms with Crippen molar-refractivity contribution in [3.8, 4) is 5.75 Å². The number of benzene rings is 1. The van der Waals surface area contributed by atoms with Gasteiger partial charge in [0.25, 0.3) is 0 Å². The first-order valence-electron chi connectivity index (χ1n) is 6.46. The summed E-state index contributed by atoms with van der Waals surface area (Å²) in [5.41, 5.74) is 0.540. The molecular weight excluding hydrogens is 249 g/mol. The van der Waals surface area contributed by atoms with Crippen molar-refractivity contribution in [3.05, 3.63) is 29.6 Å². The van der Waals surface area contributed by atoms with Gasteiger partial charge in [0.2, 0.25) is 0 Å². The number of halogens is 1. The lowest BCUT2D eigenvalue weighted by Gasteiger charge is -2.29. The molecule has 1 aliphatic rings. The van der Waals surface area contributed by atoms with Crippen LogP contribution in [0.15, 0.2) is 18.2 Å². The van der Waals surface area contributed by atoms with E-state index in [0.717, 1.165) is 13.1 Å². The maximum Gasteiger partial charge on any atom is 0.165 e. The smallest absolute Gasteiger partial charge is 0.165 e. The number of likely N-dealkylation sites (N-methyl/N-ethyl adjacent to an activating group) is 1. The highest BCUT2D eigenvalue weighted by Gasteiger charge is 2.19. The fraction of sp³-hybridized carbons (Fsp3) is 0.571. The third kappa shape index (κ3) is 3.89. The van der Waals surface area contributed by atoms with Crippen molar-refractivity contribution in [2.75, 3.05) is 33.4 Å². The van der Waals surface area contributed by atoms with Gasteiger partial charge in [0.15, 0.2) is 11.6 Å². The molecule has 1 saturated heterocycles. The van der Waals surface area contributed by atoms with Gasteiger partial charge in [-0.25, -0.2) is 4.39 Å². The minimum atomic E-state index is -0.682. The van der Waals surface area contributed by atoms with Crippen LogP contribution in [0.5, 0.6) is 5.75 Å². The van der Waals surface area contributed by atoms with Crippen molar-refractivity contribution in [2.45, 2.75) is 19.1 Å². The van der Waals surface area contributed by atoms with E-state index in [4.69, 9.17) is 9.47 Å². The zero-order valence-corrected chi connectivity index (χ0v) is 11.3. The maximum atomic E-state index is 13.8. The Morgan fingerprint density at radius 2 is 2.37 bits per heavy atom. The molecule has 1 heterocycles. The van der Waals surface area contributed by atoms with Crippen LogP contribution in [-0.2, 0) is 4.74 Å². The molecule has 1 aliphatic heterocycles.